The van der Waals surface area contributed by atoms with Crippen molar-refractivity contribution < 1.29 is 4.79 Å². The van der Waals surface area contributed by atoms with Crippen LogP contribution in [0.5, 0.6) is 0 Å². The minimum atomic E-state index is -0.557. The summed E-state index contributed by atoms with van der Waals surface area (Å²) in [5.74, 6) is 0. The van der Waals surface area contributed by atoms with Crippen molar-refractivity contribution in [3.05, 3.63) is 71.8 Å². The zero-order chi connectivity index (χ0) is 13.7. The second-order valence-corrected chi connectivity index (χ2v) is 4.38. The Morgan fingerprint density at radius 3 is 1.74 bits per heavy atom. The third kappa shape index (κ3) is 3.16. The molecule has 0 aromatic heterocycles. The molecule has 0 bridgehead atoms. The number of benzene rings is 2. The van der Waals surface area contributed by atoms with E-state index in [1.807, 2.05) is 60.7 Å². The molecule has 0 amide bonds. The van der Waals surface area contributed by atoms with E-state index in [2.05, 4.69) is 4.84 Å². The molecule has 19 heavy (non-hydrogen) atoms. The molecule has 0 saturated heterocycles. The van der Waals surface area contributed by atoms with Crippen LogP contribution < -0.4 is 4.84 Å². The lowest BCUT2D eigenvalue weighted by Crippen LogP contribution is -2.06. The standard InChI is InChI=1S/C15H11Cl2NO/c16-15(19)13(11-7-3-1-4-8-11)14(18-17)12-9-5-2-6-10-12/h1-10,18H/b14-13+. The van der Waals surface area contributed by atoms with Gasteiger partial charge in [0.1, 0.15) is 0 Å². The molecule has 4 heteroatoms. The molecule has 2 aromatic carbocycles. The Balaban J connectivity index is 2.64. The second-order valence-electron chi connectivity index (χ2n) is 3.85. The smallest absolute Gasteiger partial charge is 0.255 e. The molecule has 96 valence electrons. The van der Waals surface area contributed by atoms with Gasteiger partial charge in [0.05, 0.1) is 11.3 Å². The summed E-state index contributed by atoms with van der Waals surface area (Å²) in [5.41, 5.74) is 2.36. The number of carbonyl (C=O) groups is 1. The number of hydrogen-bond acceptors (Lipinski definition) is 2. The van der Waals surface area contributed by atoms with Crippen LogP contribution in [-0.4, -0.2) is 5.24 Å². The van der Waals surface area contributed by atoms with Crippen LogP contribution in [0.4, 0.5) is 0 Å². The van der Waals surface area contributed by atoms with Gasteiger partial charge >= 0.3 is 0 Å². The van der Waals surface area contributed by atoms with E-state index in [0.29, 0.717) is 11.3 Å². The molecule has 0 saturated carbocycles. The average Bonchev–Trinajstić information content (AvgIpc) is 2.46. The van der Waals surface area contributed by atoms with Gasteiger partial charge in [-0.05, 0) is 22.7 Å². The zero-order valence-electron chi connectivity index (χ0n) is 9.94. The van der Waals surface area contributed by atoms with Gasteiger partial charge in [-0.1, -0.05) is 60.7 Å². The number of carbonyl (C=O) groups excluding carboxylic acids is 1. The van der Waals surface area contributed by atoms with Gasteiger partial charge in [-0.2, -0.15) is 0 Å². The van der Waals surface area contributed by atoms with E-state index in [9.17, 15) is 4.79 Å². The Morgan fingerprint density at radius 2 is 1.32 bits per heavy atom. The van der Waals surface area contributed by atoms with Crippen molar-refractivity contribution >= 4 is 39.9 Å². The molecule has 1 N–H and O–H groups in total. The van der Waals surface area contributed by atoms with E-state index in [1.165, 1.54) is 0 Å². The predicted molar refractivity (Wildman–Crippen MR) is 79.5 cm³/mol. The molecule has 0 spiro atoms. The molecule has 2 nitrogen and oxygen atoms in total. The van der Waals surface area contributed by atoms with Crippen molar-refractivity contribution in [3.8, 4) is 0 Å². The lowest BCUT2D eigenvalue weighted by Gasteiger charge is -2.11. The Kier molecular flexibility index (Phi) is 4.61. The number of halogens is 2. The molecule has 0 aliphatic heterocycles. The van der Waals surface area contributed by atoms with Crippen molar-refractivity contribution in [2.24, 2.45) is 0 Å². The molecule has 0 aliphatic rings. The number of nitrogens with one attached hydrogen (secondary N) is 1. The monoisotopic (exact) mass is 291 g/mol. The van der Waals surface area contributed by atoms with Crippen LogP contribution in [0.25, 0.3) is 11.3 Å². The minimum Gasteiger partial charge on any atom is -0.297 e. The van der Waals surface area contributed by atoms with E-state index >= 15 is 0 Å². The van der Waals surface area contributed by atoms with Gasteiger partial charge in [-0.3, -0.25) is 9.63 Å². The van der Waals surface area contributed by atoms with Crippen molar-refractivity contribution in [1.29, 1.82) is 0 Å². The lowest BCUT2D eigenvalue weighted by atomic mass is 10.0. The van der Waals surface area contributed by atoms with Crippen LogP contribution >= 0.6 is 23.4 Å². The molecule has 0 atom stereocenters. The molecule has 0 aliphatic carbocycles. The topological polar surface area (TPSA) is 29.1 Å². The molecule has 0 radical (unpaired) electrons. The van der Waals surface area contributed by atoms with Crippen LogP contribution in [0.3, 0.4) is 0 Å². The first-order valence-electron chi connectivity index (χ1n) is 5.65. The number of rotatable bonds is 4. The summed E-state index contributed by atoms with van der Waals surface area (Å²) in [6.45, 7) is 0. The van der Waals surface area contributed by atoms with Gasteiger partial charge in [-0.15, -0.1) is 0 Å². The van der Waals surface area contributed by atoms with Crippen LogP contribution in [0.15, 0.2) is 60.7 Å². The SMILES string of the molecule is O=C(Cl)/C(=C(/NCl)c1ccccc1)c1ccccc1. The van der Waals surface area contributed by atoms with Gasteiger partial charge in [0.25, 0.3) is 5.24 Å². The predicted octanol–water partition coefficient (Wildman–Crippen LogP) is 4.06. The number of allylic oxidation sites excluding steroid dienone is 1. The maximum atomic E-state index is 11.7. The van der Waals surface area contributed by atoms with Gasteiger partial charge < -0.3 is 0 Å². The van der Waals surface area contributed by atoms with E-state index < -0.39 is 5.24 Å². The normalized spacial score (nSPS) is 11.7. The van der Waals surface area contributed by atoms with E-state index in [4.69, 9.17) is 23.4 Å². The molecule has 0 fully saturated rings. The van der Waals surface area contributed by atoms with Crippen molar-refractivity contribution in [2.45, 2.75) is 0 Å². The molecule has 2 aromatic rings. The fourth-order valence-electron chi connectivity index (χ4n) is 1.81. The highest BCUT2D eigenvalue weighted by atomic mass is 35.5. The fourth-order valence-corrected chi connectivity index (χ4v) is 2.22. The summed E-state index contributed by atoms with van der Waals surface area (Å²) in [4.78, 5) is 14.3. The summed E-state index contributed by atoms with van der Waals surface area (Å²) >= 11 is 11.5. The third-order valence-electron chi connectivity index (χ3n) is 2.67. The van der Waals surface area contributed by atoms with Crippen molar-refractivity contribution in [3.63, 3.8) is 0 Å². The Bertz CT molecular complexity index is 594. The van der Waals surface area contributed by atoms with Gasteiger partial charge in [0.2, 0.25) is 0 Å². The minimum absolute atomic E-state index is 0.350. The largest absolute Gasteiger partial charge is 0.297 e. The molecule has 0 heterocycles. The second kappa shape index (κ2) is 6.41. The van der Waals surface area contributed by atoms with Crippen molar-refractivity contribution in [2.75, 3.05) is 0 Å². The Labute approximate surface area is 121 Å². The summed E-state index contributed by atoms with van der Waals surface area (Å²) < 4.78 is 0. The zero-order valence-corrected chi connectivity index (χ0v) is 11.4. The lowest BCUT2D eigenvalue weighted by molar-refractivity contribution is -0.106. The highest BCUT2D eigenvalue weighted by molar-refractivity contribution is 6.75. The van der Waals surface area contributed by atoms with E-state index in [0.717, 1.165) is 11.1 Å². The van der Waals surface area contributed by atoms with Crippen LogP contribution in [0.1, 0.15) is 11.1 Å². The highest BCUT2D eigenvalue weighted by Crippen LogP contribution is 2.26. The quantitative estimate of drug-likeness (QED) is 0.398. The molecule has 2 rings (SSSR count). The molecule has 0 unspecified atom stereocenters. The van der Waals surface area contributed by atoms with Gasteiger partial charge in [0.15, 0.2) is 0 Å². The van der Waals surface area contributed by atoms with Gasteiger partial charge in [0, 0.05) is 11.8 Å². The Hall–Kier alpha value is -1.77. The first-order chi connectivity index (χ1) is 9.24. The van der Waals surface area contributed by atoms with E-state index in [-0.39, 0.29) is 0 Å². The summed E-state index contributed by atoms with van der Waals surface area (Å²) in [7, 11) is 0. The van der Waals surface area contributed by atoms with Crippen LogP contribution in [0.2, 0.25) is 0 Å². The summed E-state index contributed by atoms with van der Waals surface area (Å²) in [6, 6.07) is 18.5. The average molecular weight is 292 g/mol. The first kappa shape index (κ1) is 13.7. The maximum Gasteiger partial charge on any atom is 0.255 e. The van der Waals surface area contributed by atoms with Crippen molar-refractivity contribution in [1.82, 2.24) is 4.84 Å². The first-order valence-corrected chi connectivity index (χ1v) is 6.41. The van der Waals surface area contributed by atoms with Crippen LogP contribution in [-0.2, 0) is 4.79 Å². The maximum absolute atomic E-state index is 11.7. The van der Waals surface area contributed by atoms with Crippen LogP contribution in [0, 0.1) is 0 Å². The number of hydrogen-bond donors (Lipinski definition) is 1. The Morgan fingerprint density at radius 1 is 0.842 bits per heavy atom. The highest BCUT2D eigenvalue weighted by Gasteiger charge is 2.16. The van der Waals surface area contributed by atoms with E-state index in [1.54, 1.807) is 0 Å². The molecular weight excluding hydrogens is 281 g/mol. The fraction of sp³-hybridized carbons (Fsp3) is 0. The third-order valence-corrected chi connectivity index (χ3v) is 3.04. The summed E-state index contributed by atoms with van der Waals surface area (Å²) in [5, 5.41) is -0.557. The van der Waals surface area contributed by atoms with Gasteiger partial charge in [-0.25, -0.2) is 0 Å². The molecular formula is C15H11Cl2NO. The summed E-state index contributed by atoms with van der Waals surface area (Å²) in [6.07, 6.45) is 0.